The predicted molar refractivity (Wildman–Crippen MR) is 62.1 cm³/mol. The van der Waals surface area contributed by atoms with E-state index in [9.17, 15) is 23.6 Å². The fraction of sp³-hybridized carbons (Fsp3) is 0.167. The summed E-state index contributed by atoms with van der Waals surface area (Å²) in [7, 11) is 1.13. The zero-order valence-electron chi connectivity index (χ0n) is 10.3. The molecule has 7 nitrogen and oxygen atoms in total. The van der Waals surface area contributed by atoms with E-state index in [0.717, 1.165) is 25.2 Å². The monoisotopic (exact) mass is 280 g/mol. The predicted octanol–water partition coefficient (Wildman–Crippen LogP) is 0.444. The zero-order chi connectivity index (χ0) is 15.0. The molecule has 0 radical (unpaired) electrons. The lowest BCUT2D eigenvalue weighted by Gasteiger charge is -2.13. The highest BCUT2D eigenvalue weighted by Crippen LogP contribution is 2.18. The summed E-state index contributed by atoms with van der Waals surface area (Å²) in [4.78, 5) is 46.4. The second kappa shape index (κ2) is 4.72. The molecule has 1 aliphatic rings. The Hall–Kier alpha value is -2.77. The van der Waals surface area contributed by atoms with Crippen LogP contribution in [0.15, 0.2) is 18.2 Å². The van der Waals surface area contributed by atoms with Gasteiger partial charge in [0.25, 0.3) is 0 Å². The Balaban J connectivity index is 2.33. The molecule has 0 unspecified atom stereocenters. The maximum Gasteiger partial charge on any atom is 0.335 e. The largest absolute Gasteiger partial charge is 0.478 e. The van der Waals surface area contributed by atoms with Crippen molar-refractivity contribution in [1.29, 1.82) is 0 Å². The fourth-order valence-corrected chi connectivity index (χ4v) is 1.75. The molecule has 2 rings (SSSR count). The average molecular weight is 280 g/mol. The van der Waals surface area contributed by atoms with Crippen LogP contribution in [0.4, 0.5) is 9.18 Å². The highest BCUT2D eigenvalue weighted by molar-refractivity contribution is 6.44. The van der Waals surface area contributed by atoms with Crippen LogP contribution in [0.2, 0.25) is 0 Å². The van der Waals surface area contributed by atoms with Crippen molar-refractivity contribution in [3.05, 3.63) is 35.1 Å². The number of carboxylic acids is 1. The first-order valence-corrected chi connectivity index (χ1v) is 5.48. The van der Waals surface area contributed by atoms with E-state index in [0.29, 0.717) is 9.80 Å². The van der Waals surface area contributed by atoms with E-state index in [2.05, 4.69) is 0 Å². The smallest absolute Gasteiger partial charge is 0.335 e. The summed E-state index contributed by atoms with van der Waals surface area (Å²) in [6, 6.07) is 2.13. The van der Waals surface area contributed by atoms with Gasteiger partial charge in [0.2, 0.25) is 0 Å². The van der Waals surface area contributed by atoms with E-state index in [1.54, 1.807) is 0 Å². The number of halogens is 1. The van der Waals surface area contributed by atoms with Gasteiger partial charge in [-0.05, 0) is 18.2 Å². The summed E-state index contributed by atoms with van der Waals surface area (Å²) in [5.74, 6) is -4.11. The number of imide groups is 2. The van der Waals surface area contributed by atoms with Crippen LogP contribution >= 0.6 is 0 Å². The van der Waals surface area contributed by atoms with E-state index >= 15 is 0 Å². The van der Waals surface area contributed by atoms with E-state index < -0.39 is 36.2 Å². The third-order valence-corrected chi connectivity index (χ3v) is 2.87. The molecule has 20 heavy (non-hydrogen) atoms. The highest BCUT2D eigenvalue weighted by atomic mass is 19.1. The molecule has 0 bridgehead atoms. The number of hydrogen-bond donors (Lipinski definition) is 1. The molecule has 0 spiro atoms. The van der Waals surface area contributed by atoms with Crippen LogP contribution in [-0.2, 0) is 16.1 Å². The number of benzene rings is 1. The van der Waals surface area contributed by atoms with E-state index in [4.69, 9.17) is 5.11 Å². The van der Waals surface area contributed by atoms with E-state index in [-0.39, 0.29) is 11.1 Å². The number of carbonyl (C=O) groups excluding carboxylic acids is 3. The second-order valence-corrected chi connectivity index (χ2v) is 4.15. The molecule has 4 amide bonds. The number of carboxylic acid groups (broad SMARTS) is 1. The number of carbonyl (C=O) groups is 4. The Kier molecular flexibility index (Phi) is 3.23. The summed E-state index contributed by atoms with van der Waals surface area (Å²) in [6.07, 6.45) is 0. The first-order chi connectivity index (χ1) is 9.32. The van der Waals surface area contributed by atoms with Crippen LogP contribution < -0.4 is 0 Å². The molecule has 1 N–H and O–H groups in total. The number of aromatic carboxylic acids is 1. The lowest BCUT2D eigenvalue weighted by molar-refractivity contribution is -0.143. The molecule has 104 valence electrons. The number of likely N-dealkylation sites (N-methyl/N-ethyl adjacent to an activating group) is 1. The Morgan fingerprint density at radius 2 is 1.90 bits per heavy atom. The van der Waals surface area contributed by atoms with Crippen molar-refractivity contribution in [2.24, 2.45) is 0 Å². The molecule has 0 atom stereocenters. The third kappa shape index (κ3) is 2.11. The van der Waals surface area contributed by atoms with Crippen molar-refractivity contribution in [2.45, 2.75) is 6.54 Å². The van der Waals surface area contributed by atoms with Crippen LogP contribution in [0.3, 0.4) is 0 Å². The first kappa shape index (κ1) is 13.7. The van der Waals surface area contributed by atoms with Crippen molar-refractivity contribution in [3.63, 3.8) is 0 Å². The molecule has 1 fully saturated rings. The molecule has 1 aromatic rings. The van der Waals surface area contributed by atoms with Gasteiger partial charge in [0.1, 0.15) is 5.82 Å². The standard InChI is InChI=1S/C12H9FN2O5/c1-14-9(16)10(17)15(12(14)20)5-7-4-6(11(18)19)2-3-8(7)13/h2-4H,5H2,1H3,(H,18,19). The summed E-state index contributed by atoms with van der Waals surface area (Å²) in [5.41, 5.74) is -0.338. The Bertz CT molecular complexity index is 643. The van der Waals surface area contributed by atoms with Crippen molar-refractivity contribution in [1.82, 2.24) is 9.80 Å². The van der Waals surface area contributed by atoms with Gasteiger partial charge < -0.3 is 5.11 Å². The third-order valence-electron chi connectivity index (χ3n) is 2.87. The summed E-state index contributed by atoms with van der Waals surface area (Å²) >= 11 is 0. The van der Waals surface area contributed by atoms with Crippen LogP contribution in [0.1, 0.15) is 15.9 Å². The number of hydrogen-bond acceptors (Lipinski definition) is 4. The number of rotatable bonds is 3. The molecular weight excluding hydrogens is 271 g/mol. The molecular formula is C12H9FN2O5. The Morgan fingerprint density at radius 1 is 1.25 bits per heavy atom. The highest BCUT2D eigenvalue weighted by Gasteiger charge is 2.42. The van der Waals surface area contributed by atoms with Gasteiger partial charge in [-0.3, -0.25) is 19.4 Å². The lowest BCUT2D eigenvalue weighted by Crippen LogP contribution is -2.31. The van der Waals surface area contributed by atoms with Crippen LogP contribution in [0.5, 0.6) is 0 Å². The van der Waals surface area contributed by atoms with Gasteiger partial charge in [0.05, 0.1) is 12.1 Å². The molecule has 8 heteroatoms. The van der Waals surface area contributed by atoms with Crippen molar-refractivity contribution >= 4 is 23.8 Å². The molecule has 0 aliphatic carbocycles. The van der Waals surface area contributed by atoms with Crippen LogP contribution in [0, 0.1) is 5.82 Å². The van der Waals surface area contributed by atoms with Crippen molar-refractivity contribution < 1.29 is 28.7 Å². The summed E-state index contributed by atoms with van der Waals surface area (Å²) in [5, 5.41) is 8.82. The zero-order valence-corrected chi connectivity index (χ0v) is 10.3. The topological polar surface area (TPSA) is 95.0 Å². The molecule has 0 aromatic heterocycles. The Morgan fingerprint density at radius 3 is 2.40 bits per heavy atom. The lowest BCUT2D eigenvalue weighted by atomic mass is 10.1. The van der Waals surface area contributed by atoms with E-state index in [1.165, 1.54) is 0 Å². The SMILES string of the molecule is CN1C(=O)C(=O)N(Cc2cc(C(=O)O)ccc2F)C1=O. The van der Waals surface area contributed by atoms with Gasteiger partial charge in [0.15, 0.2) is 0 Å². The van der Waals surface area contributed by atoms with Crippen LogP contribution in [0.25, 0.3) is 0 Å². The molecule has 1 aromatic carbocycles. The molecule has 1 saturated heterocycles. The van der Waals surface area contributed by atoms with Crippen molar-refractivity contribution in [2.75, 3.05) is 7.05 Å². The minimum Gasteiger partial charge on any atom is -0.478 e. The summed E-state index contributed by atoms with van der Waals surface area (Å²) in [6.45, 7) is -0.499. The minimum atomic E-state index is -1.27. The van der Waals surface area contributed by atoms with E-state index in [1.807, 2.05) is 0 Å². The van der Waals surface area contributed by atoms with Gasteiger partial charge in [-0.2, -0.15) is 0 Å². The van der Waals surface area contributed by atoms with Gasteiger partial charge in [0, 0.05) is 12.6 Å². The van der Waals surface area contributed by atoms with Crippen molar-refractivity contribution in [3.8, 4) is 0 Å². The number of urea groups is 1. The average Bonchev–Trinajstić information content (AvgIpc) is 2.58. The molecule has 1 aliphatic heterocycles. The van der Waals surface area contributed by atoms with Gasteiger partial charge in [-0.25, -0.2) is 14.0 Å². The quantitative estimate of drug-likeness (QED) is 0.640. The second-order valence-electron chi connectivity index (χ2n) is 4.15. The normalized spacial score (nSPS) is 15.2. The van der Waals surface area contributed by atoms with Crippen LogP contribution in [-0.4, -0.2) is 45.8 Å². The van der Waals surface area contributed by atoms with Gasteiger partial charge in [-0.1, -0.05) is 0 Å². The van der Waals surface area contributed by atoms with Gasteiger partial charge in [-0.15, -0.1) is 0 Å². The first-order valence-electron chi connectivity index (χ1n) is 5.48. The summed E-state index contributed by atoms with van der Waals surface area (Å²) < 4.78 is 13.6. The number of amides is 4. The minimum absolute atomic E-state index is 0.158. The maximum atomic E-state index is 13.6. The Labute approximate surface area is 112 Å². The van der Waals surface area contributed by atoms with Gasteiger partial charge >= 0.3 is 23.8 Å². The number of nitrogens with zero attached hydrogens (tertiary/aromatic N) is 2. The fourth-order valence-electron chi connectivity index (χ4n) is 1.75. The molecule has 0 saturated carbocycles. The maximum absolute atomic E-state index is 13.6. The molecule has 1 heterocycles.